The van der Waals surface area contributed by atoms with Crippen molar-refractivity contribution in [2.75, 3.05) is 19.6 Å². The molecule has 0 unspecified atom stereocenters. The molecule has 0 amide bonds. The number of carboxylic acid groups (broad SMARTS) is 2. The number of hydrogen-bond acceptors (Lipinski definition) is 4. The first-order valence-corrected chi connectivity index (χ1v) is 6.99. The SMILES string of the molecule is CCCCN[C@@H](CCN1CCC[C@H]1C(=O)O)C(=O)O. The highest BCUT2D eigenvalue weighted by Gasteiger charge is 2.31. The van der Waals surface area contributed by atoms with Crippen molar-refractivity contribution in [2.24, 2.45) is 0 Å². The first kappa shape index (κ1) is 15.9. The molecule has 1 heterocycles. The third-order valence-electron chi connectivity index (χ3n) is 3.57. The van der Waals surface area contributed by atoms with E-state index < -0.39 is 24.0 Å². The molecule has 1 saturated heterocycles. The zero-order valence-corrected chi connectivity index (χ0v) is 11.5. The molecule has 2 atom stereocenters. The van der Waals surface area contributed by atoms with Crippen molar-refractivity contribution in [1.29, 1.82) is 0 Å². The van der Waals surface area contributed by atoms with Crippen LogP contribution in [-0.2, 0) is 9.59 Å². The lowest BCUT2D eigenvalue weighted by Crippen LogP contribution is -2.43. The number of unbranched alkanes of at least 4 members (excludes halogenated alkanes) is 1. The predicted octanol–water partition coefficient (Wildman–Crippen LogP) is 0.768. The molecule has 0 bridgehead atoms. The molecule has 0 aliphatic carbocycles. The average molecular weight is 272 g/mol. The third-order valence-corrected chi connectivity index (χ3v) is 3.57. The fraction of sp³-hybridized carbons (Fsp3) is 0.846. The molecule has 0 aromatic rings. The topological polar surface area (TPSA) is 89.9 Å². The van der Waals surface area contributed by atoms with E-state index >= 15 is 0 Å². The lowest BCUT2D eigenvalue weighted by Gasteiger charge is -2.23. The van der Waals surface area contributed by atoms with E-state index in [1.165, 1.54) is 0 Å². The smallest absolute Gasteiger partial charge is 0.320 e. The molecule has 0 aromatic heterocycles. The van der Waals surface area contributed by atoms with Gasteiger partial charge in [0.2, 0.25) is 0 Å². The van der Waals surface area contributed by atoms with Crippen LogP contribution in [0.3, 0.4) is 0 Å². The lowest BCUT2D eigenvalue weighted by molar-refractivity contribution is -0.142. The maximum atomic E-state index is 11.1. The molecule has 0 radical (unpaired) electrons. The molecule has 1 rings (SSSR count). The summed E-state index contributed by atoms with van der Waals surface area (Å²) in [5.74, 6) is -1.66. The van der Waals surface area contributed by atoms with Crippen molar-refractivity contribution >= 4 is 11.9 Å². The minimum atomic E-state index is -0.859. The summed E-state index contributed by atoms with van der Waals surface area (Å²) in [7, 11) is 0. The fourth-order valence-electron chi connectivity index (χ4n) is 2.43. The summed E-state index contributed by atoms with van der Waals surface area (Å²) >= 11 is 0. The Bertz CT molecular complexity index is 309. The molecule has 110 valence electrons. The van der Waals surface area contributed by atoms with Crippen molar-refractivity contribution < 1.29 is 19.8 Å². The van der Waals surface area contributed by atoms with Gasteiger partial charge in [0.25, 0.3) is 0 Å². The lowest BCUT2D eigenvalue weighted by atomic mass is 10.1. The van der Waals surface area contributed by atoms with E-state index in [1.54, 1.807) is 0 Å². The average Bonchev–Trinajstić information content (AvgIpc) is 2.81. The van der Waals surface area contributed by atoms with E-state index in [0.29, 0.717) is 25.9 Å². The van der Waals surface area contributed by atoms with Gasteiger partial charge in [-0.05, 0) is 38.8 Å². The van der Waals surface area contributed by atoms with Crippen LogP contribution in [0.5, 0.6) is 0 Å². The number of aliphatic carboxylic acids is 2. The summed E-state index contributed by atoms with van der Waals surface area (Å²) < 4.78 is 0. The first-order valence-electron chi connectivity index (χ1n) is 6.99. The highest BCUT2D eigenvalue weighted by molar-refractivity contribution is 5.74. The Morgan fingerprint density at radius 1 is 1.42 bits per heavy atom. The van der Waals surface area contributed by atoms with Gasteiger partial charge in [0.1, 0.15) is 12.1 Å². The molecule has 6 heteroatoms. The Morgan fingerprint density at radius 3 is 2.74 bits per heavy atom. The summed E-state index contributed by atoms with van der Waals surface area (Å²) in [6.07, 6.45) is 3.95. The number of nitrogens with zero attached hydrogens (tertiary/aromatic N) is 1. The molecule has 19 heavy (non-hydrogen) atoms. The maximum absolute atomic E-state index is 11.1. The standard InChI is InChI=1S/C13H24N2O4/c1-2-3-7-14-10(12(16)17)6-9-15-8-4-5-11(15)13(18)19/h10-11,14H,2-9H2,1H3,(H,16,17)(H,18,19)/t10-,11-/m0/s1. The van der Waals surface area contributed by atoms with Crippen LogP contribution < -0.4 is 5.32 Å². The normalized spacial score (nSPS) is 21.4. The van der Waals surface area contributed by atoms with Crippen LogP contribution in [0, 0.1) is 0 Å². The Balaban J connectivity index is 2.38. The molecule has 3 N–H and O–H groups in total. The number of likely N-dealkylation sites (tertiary alicyclic amines) is 1. The number of carboxylic acids is 2. The number of rotatable bonds is 9. The minimum Gasteiger partial charge on any atom is -0.480 e. The van der Waals surface area contributed by atoms with Gasteiger partial charge >= 0.3 is 11.9 Å². The Morgan fingerprint density at radius 2 is 2.16 bits per heavy atom. The first-order chi connectivity index (χ1) is 9.06. The quantitative estimate of drug-likeness (QED) is 0.537. The second-order valence-corrected chi connectivity index (χ2v) is 5.02. The van der Waals surface area contributed by atoms with Crippen molar-refractivity contribution in [1.82, 2.24) is 10.2 Å². The maximum Gasteiger partial charge on any atom is 0.320 e. The highest BCUT2D eigenvalue weighted by Crippen LogP contribution is 2.17. The minimum absolute atomic E-state index is 0.440. The Kier molecular flexibility index (Phi) is 6.80. The largest absolute Gasteiger partial charge is 0.480 e. The van der Waals surface area contributed by atoms with Gasteiger partial charge in [-0.2, -0.15) is 0 Å². The second kappa shape index (κ2) is 8.12. The van der Waals surface area contributed by atoms with E-state index in [0.717, 1.165) is 25.8 Å². The molecule has 6 nitrogen and oxygen atoms in total. The van der Waals surface area contributed by atoms with Gasteiger partial charge < -0.3 is 15.5 Å². The molecule has 0 aromatic carbocycles. The highest BCUT2D eigenvalue weighted by atomic mass is 16.4. The van der Waals surface area contributed by atoms with Crippen LogP contribution in [-0.4, -0.2) is 58.8 Å². The number of nitrogens with one attached hydrogen (secondary N) is 1. The molecule has 1 fully saturated rings. The van der Waals surface area contributed by atoms with E-state index in [-0.39, 0.29) is 0 Å². The zero-order chi connectivity index (χ0) is 14.3. The molecular weight excluding hydrogens is 248 g/mol. The summed E-state index contributed by atoms with van der Waals surface area (Å²) in [5, 5.41) is 21.2. The van der Waals surface area contributed by atoms with Gasteiger partial charge in [-0.15, -0.1) is 0 Å². The van der Waals surface area contributed by atoms with Crippen molar-refractivity contribution in [3.63, 3.8) is 0 Å². The van der Waals surface area contributed by atoms with E-state index in [1.807, 2.05) is 4.90 Å². The van der Waals surface area contributed by atoms with Crippen LogP contribution in [0.2, 0.25) is 0 Å². The molecule has 0 saturated carbocycles. The third kappa shape index (κ3) is 5.16. The van der Waals surface area contributed by atoms with Crippen LogP contribution in [0.1, 0.15) is 39.0 Å². The van der Waals surface area contributed by atoms with Crippen molar-refractivity contribution in [3.05, 3.63) is 0 Å². The summed E-state index contributed by atoms with van der Waals surface area (Å²) in [5.41, 5.74) is 0. The number of hydrogen-bond donors (Lipinski definition) is 3. The predicted molar refractivity (Wildman–Crippen MR) is 71.2 cm³/mol. The molecule has 1 aliphatic heterocycles. The number of carbonyl (C=O) groups is 2. The van der Waals surface area contributed by atoms with Crippen LogP contribution in [0.25, 0.3) is 0 Å². The molecule has 0 spiro atoms. The fourth-order valence-corrected chi connectivity index (χ4v) is 2.43. The van der Waals surface area contributed by atoms with Gasteiger partial charge in [0, 0.05) is 6.54 Å². The Hall–Kier alpha value is -1.14. The Labute approximate surface area is 113 Å². The van der Waals surface area contributed by atoms with E-state index in [9.17, 15) is 9.59 Å². The summed E-state index contributed by atoms with van der Waals surface area (Å²) in [6, 6.07) is -1.02. The van der Waals surface area contributed by atoms with Gasteiger partial charge in [-0.25, -0.2) is 0 Å². The van der Waals surface area contributed by atoms with Crippen LogP contribution in [0.4, 0.5) is 0 Å². The van der Waals surface area contributed by atoms with Gasteiger partial charge in [0.15, 0.2) is 0 Å². The monoisotopic (exact) mass is 272 g/mol. The van der Waals surface area contributed by atoms with Crippen LogP contribution >= 0.6 is 0 Å². The summed E-state index contributed by atoms with van der Waals surface area (Å²) in [4.78, 5) is 24.0. The van der Waals surface area contributed by atoms with E-state index in [2.05, 4.69) is 12.2 Å². The van der Waals surface area contributed by atoms with E-state index in [4.69, 9.17) is 10.2 Å². The molecule has 1 aliphatic rings. The summed E-state index contributed by atoms with van der Waals surface area (Å²) in [6.45, 7) is 4.01. The van der Waals surface area contributed by atoms with Crippen molar-refractivity contribution in [2.45, 2.75) is 51.1 Å². The van der Waals surface area contributed by atoms with Crippen molar-refractivity contribution in [3.8, 4) is 0 Å². The van der Waals surface area contributed by atoms with Crippen LogP contribution in [0.15, 0.2) is 0 Å². The zero-order valence-electron chi connectivity index (χ0n) is 11.5. The molecular formula is C13H24N2O4. The van der Waals surface area contributed by atoms with Gasteiger partial charge in [-0.3, -0.25) is 14.5 Å². The second-order valence-electron chi connectivity index (χ2n) is 5.02. The van der Waals surface area contributed by atoms with Gasteiger partial charge in [-0.1, -0.05) is 13.3 Å². The van der Waals surface area contributed by atoms with Gasteiger partial charge in [0.05, 0.1) is 0 Å².